The molecule has 0 fully saturated rings. The van der Waals surface area contributed by atoms with Crippen LogP contribution in [0.25, 0.3) is 0 Å². The number of nitrogens with one attached hydrogen (secondary N) is 1. The number of hydrogen-bond acceptors (Lipinski definition) is 4. The second-order valence-corrected chi connectivity index (χ2v) is 6.30. The number of hydrogen-bond donors (Lipinski definition) is 1. The Morgan fingerprint density at radius 1 is 1.47 bits per heavy atom. The average molecular weight is 278 g/mol. The van der Waals surface area contributed by atoms with Crippen molar-refractivity contribution in [1.29, 1.82) is 0 Å². The molecule has 5 nitrogen and oxygen atoms in total. The van der Waals surface area contributed by atoms with Crippen LogP contribution in [0.3, 0.4) is 0 Å². The summed E-state index contributed by atoms with van der Waals surface area (Å²) < 4.78 is 1.62. The third-order valence-corrected chi connectivity index (χ3v) is 3.56. The van der Waals surface area contributed by atoms with E-state index >= 15 is 0 Å². The zero-order valence-electron chi connectivity index (χ0n) is 11.5. The van der Waals surface area contributed by atoms with Crippen molar-refractivity contribution >= 4 is 22.4 Å². The summed E-state index contributed by atoms with van der Waals surface area (Å²) in [6.45, 7) is 8.10. The minimum Gasteiger partial charge on any atom is -0.300 e. The highest BCUT2D eigenvalue weighted by Crippen LogP contribution is 2.26. The lowest BCUT2D eigenvalue weighted by molar-refractivity contribution is -0.119. The quantitative estimate of drug-likeness (QED) is 0.939. The number of anilines is 1. The molecule has 0 unspecified atom stereocenters. The first-order valence-electron chi connectivity index (χ1n) is 6.14. The molecule has 0 radical (unpaired) electrons. The molecule has 0 spiro atoms. The lowest BCUT2D eigenvalue weighted by Crippen LogP contribution is -2.24. The van der Waals surface area contributed by atoms with Crippen molar-refractivity contribution in [2.24, 2.45) is 0 Å². The Morgan fingerprint density at radius 3 is 2.74 bits per heavy atom. The van der Waals surface area contributed by atoms with Gasteiger partial charge in [0.1, 0.15) is 6.04 Å². The van der Waals surface area contributed by atoms with Crippen LogP contribution in [0, 0.1) is 0 Å². The normalized spacial score (nSPS) is 13.3. The van der Waals surface area contributed by atoms with Crippen molar-refractivity contribution < 1.29 is 4.79 Å². The Morgan fingerprint density at radius 2 is 2.21 bits per heavy atom. The molecule has 6 heteroatoms. The molecule has 0 bridgehead atoms. The van der Waals surface area contributed by atoms with Gasteiger partial charge in [0.15, 0.2) is 5.13 Å². The number of amides is 1. The van der Waals surface area contributed by atoms with E-state index in [0.717, 1.165) is 5.69 Å². The number of carbonyl (C=O) groups is 1. The summed E-state index contributed by atoms with van der Waals surface area (Å²) in [5.41, 5.74) is 0.979. The highest BCUT2D eigenvalue weighted by Gasteiger charge is 2.20. The SMILES string of the molecule is C[C@@H](C(=O)Nc1nc(C(C)(C)C)cs1)n1cccn1. The lowest BCUT2D eigenvalue weighted by Gasteiger charge is -2.14. The van der Waals surface area contributed by atoms with Crippen LogP contribution >= 0.6 is 11.3 Å². The largest absolute Gasteiger partial charge is 0.300 e. The van der Waals surface area contributed by atoms with Gasteiger partial charge in [-0.15, -0.1) is 11.3 Å². The molecular weight excluding hydrogens is 260 g/mol. The van der Waals surface area contributed by atoms with Gasteiger partial charge in [0, 0.05) is 23.2 Å². The molecule has 102 valence electrons. The molecule has 1 atom stereocenters. The summed E-state index contributed by atoms with van der Waals surface area (Å²) in [7, 11) is 0. The zero-order valence-corrected chi connectivity index (χ0v) is 12.4. The van der Waals surface area contributed by atoms with Gasteiger partial charge in [-0.1, -0.05) is 20.8 Å². The first-order valence-corrected chi connectivity index (χ1v) is 7.02. The van der Waals surface area contributed by atoms with Gasteiger partial charge in [-0.25, -0.2) is 4.98 Å². The number of thiazole rings is 1. The van der Waals surface area contributed by atoms with Crippen molar-refractivity contribution in [3.05, 3.63) is 29.5 Å². The van der Waals surface area contributed by atoms with E-state index in [0.29, 0.717) is 5.13 Å². The van der Waals surface area contributed by atoms with E-state index in [1.165, 1.54) is 11.3 Å². The Bertz CT molecular complexity index is 553. The predicted molar refractivity (Wildman–Crippen MR) is 76.4 cm³/mol. The van der Waals surface area contributed by atoms with Crippen molar-refractivity contribution in [3.63, 3.8) is 0 Å². The van der Waals surface area contributed by atoms with Gasteiger partial charge in [-0.2, -0.15) is 5.10 Å². The van der Waals surface area contributed by atoms with Crippen LogP contribution < -0.4 is 5.32 Å². The number of rotatable bonds is 3. The molecule has 0 aromatic carbocycles. The van der Waals surface area contributed by atoms with Gasteiger partial charge in [-0.05, 0) is 13.0 Å². The van der Waals surface area contributed by atoms with Crippen LogP contribution in [-0.4, -0.2) is 20.7 Å². The minimum absolute atomic E-state index is 0.00687. The van der Waals surface area contributed by atoms with Crippen LogP contribution in [0.2, 0.25) is 0 Å². The molecule has 1 amide bonds. The predicted octanol–water partition coefficient (Wildman–Crippen LogP) is 2.84. The summed E-state index contributed by atoms with van der Waals surface area (Å²) in [4.78, 5) is 16.5. The van der Waals surface area contributed by atoms with E-state index in [1.807, 2.05) is 5.38 Å². The molecule has 2 rings (SSSR count). The van der Waals surface area contributed by atoms with Gasteiger partial charge in [0.2, 0.25) is 0 Å². The van der Waals surface area contributed by atoms with Crippen molar-refractivity contribution in [2.45, 2.75) is 39.2 Å². The summed E-state index contributed by atoms with van der Waals surface area (Å²) in [6, 6.07) is 1.45. The third kappa shape index (κ3) is 3.20. The topological polar surface area (TPSA) is 59.8 Å². The van der Waals surface area contributed by atoms with E-state index in [-0.39, 0.29) is 17.4 Å². The fourth-order valence-electron chi connectivity index (χ4n) is 1.52. The highest BCUT2D eigenvalue weighted by atomic mass is 32.1. The number of nitrogens with zero attached hydrogens (tertiary/aromatic N) is 3. The Kier molecular flexibility index (Phi) is 3.71. The minimum atomic E-state index is -0.350. The standard InChI is InChI=1S/C13H18N4OS/c1-9(17-7-5-6-14-17)11(18)16-12-15-10(8-19-12)13(2,3)4/h5-9H,1-4H3,(H,15,16,18)/t9-/m0/s1. The summed E-state index contributed by atoms with van der Waals surface area (Å²) >= 11 is 1.45. The molecule has 19 heavy (non-hydrogen) atoms. The summed E-state index contributed by atoms with van der Waals surface area (Å²) in [5.74, 6) is -0.112. The molecular formula is C13H18N4OS. The van der Waals surface area contributed by atoms with Crippen LogP contribution in [0.15, 0.2) is 23.8 Å². The van der Waals surface area contributed by atoms with E-state index in [1.54, 1.807) is 30.1 Å². The molecule has 2 heterocycles. The Hall–Kier alpha value is -1.69. The maximum atomic E-state index is 12.1. The van der Waals surface area contributed by atoms with Crippen LogP contribution in [0.1, 0.15) is 39.4 Å². The average Bonchev–Trinajstić information content (AvgIpc) is 2.97. The van der Waals surface area contributed by atoms with Crippen LogP contribution in [0.4, 0.5) is 5.13 Å². The van der Waals surface area contributed by atoms with Crippen molar-refractivity contribution in [1.82, 2.24) is 14.8 Å². The van der Waals surface area contributed by atoms with Gasteiger partial charge in [0.25, 0.3) is 5.91 Å². The number of aromatic nitrogens is 3. The van der Waals surface area contributed by atoms with Crippen LogP contribution in [-0.2, 0) is 10.2 Å². The van der Waals surface area contributed by atoms with E-state index in [9.17, 15) is 4.79 Å². The second kappa shape index (κ2) is 5.13. The van der Waals surface area contributed by atoms with Crippen molar-refractivity contribution in [3.8, 4) is 0 Å². The van der Waals surface area contributed by atoms with Gasteiger partial charge < -0.3 is 5.32 Å². The summed E-state index contributed by atoms with van der Waals surface area (Å²) in [5, 5.41) is 9.51. The maximum Gasteiger partial charge on any atom is 0.250 e. The molecule has 0 aliphatic rings. The molecule has 2 aromatic heterocycles. The highest BCUT2D eigenvalue weighted by molar-refractivity contribution is 7.13. The molecule has 0 saturated heterocycles. The fourth-order valence-corrected chi connectivity index (χ4v) is 2.46. The summed E-state index contributed by atoms with van der Waals surface area (Å²) in [6.07, 6.45) is 3.43. The Labute approximate surface area is 116 Å². The van der Waals surface area contributed by atoms with Gasteiger partial charge in [0.05, 0.1) is 5.69 Å². The van der Waals surface area contributed by atoms with Crippen molar-refractivity contribution in [2.75, 3.05) is 5.32 Å². The molecule has 0 saturated carbocycles. The maximum absolute atomic E-state index is 12.1. The third-order valence-electron chi connectivity index (χ3n) is 2.80. The smallest absolute Gasteiger partial charge is 0.250 e. The fraction of sp³-hybridized carbons (Fsp3) is 0.462. The first kappa shape index (κ1) is 13.7. The molecule has 0 aliphatic carbocycles. The van der Waals surface area contributed by atoms with Gasteiger partial charge >= 0.3 is 0 Å². The molecule has 0 aliphatic heterocycles. The lowest BCUT2D eigenvalue weighted by atomic mass is 9.93. The van der Waals surface area contributed by atoms with E-state index in [4.69, 9.17) is 0 Å². The molecule has 2 aromatic rings. The Balaban J connectivity index is 2.05. The molecule has 1 N–H and O–H groups in total. The first-order chi connectivity index (χ1) is 8.88. The van der Waals surface area contributed by atoms with Crippen LogP contribution in [0.5, 0.6) is 0 Å². The van der Waals surface area contributed by atoms with E-state index in [2.05, 4.69) is 36.2 Å². The van der Waals surface area contributed by atoms with E-state index < -0.39 is 0 Å². The zero-order chi connectivity index (χ0) is 14.0. The second-order valence-electron chi connectivity index (χ2n) is 5.44. The number of carbonyl (C=O) groups excluding carboxylic acids is 1. The van der Waals surface area contributed by atoms with Gasteiger partial charge in [-0.3, -0.25) is 9.48 Å². The monoisotopic (exact) mass is 278 g/mol.